The van der Waals surface area contributed by atoms with E-state index in [4.69, 9.17) is 23.2 Å². The minimum atomic E-state index is 0.132. The summed E-state index contributed by atoms with van der Waals surface area (Å²) in [5.74, 6) is 0. The van der Waals surface area contributed by atoms with E-state index in [1.54, 1.807) is 0 Å². The van der Waals surface area contributed by atoms with Gasteiger partial charge in [-0.25, -0.2) is 0 Å². The van der Waals surface area contributed by atoms with E-state index in [1.165, 1.54) is 16.5 Å². The second-order valence-electron chi connectivity index (χ2n) is 8.26. The highest BCUT2D eigenvalue weighted by Crippen LogP contribution is 2.41. The van der Waals surface area contributed by atoms with Crippen molar-refractivity contribution in [3.05, 3.63) is 94.0 Å². The molecule has 5 rings (SSSR count). The number of nitrogens with one attached hydrogen (secondary N) is 1. The first-order valence-corrected chi connectivity index (χ1v) is 11.4. The number of piperazine rings is 1. The molecule has 31 heavy (non-hydrogen) atoms. The fourth-order valence-electron chi connectivity index (χ4n) is 4.58. The van der Waals surface area contributed by atoms with Crippen molar-refractivity contribution in [1.82, 2.24) is 14.8 Å². The number of aromatic amines is 1. The molecule has 3 nitrogen and oxygen atoms in total. The van der Waals surface area contributed by atoms with Crippen molar-refractivity contribution < 1.29 is 0 Å². The molecule has 1 saturated heterocycles. The Morgan fingerprint density at radius 2 is 1.39 bits per heavy atom. The number of rotatable bonds is 4. The van der Waals surface area contributed by atoms with Gasteiger partial charge in [0.05, 0.1) is 11.7 Å². The Morgan fingerprint density at radius 1 is 0.774 bits per heavy atom. The van der Waals surface area contributed by atoms with Gasteiger partial charge in [0, 0.05) is 52.7 Å². The molecule has 0 saturated carbocycles. The van der Waals surface area contributed by atoms with Crippen LogP contribution in [0, 0.1) is 0 Å². The highest BCUT2D eigenvalue weighted by molar-refractivity contribution is 6.30. The summed E-state index contributed by atoms with van der Waals surface area (Å²) < 4.78 is 0. The summed E-state index contributed by atoms with van der Waals surface area (Å²) in [4.78, 5) is 8.69. The number of benzene rings is 3. The van der Waals surface area contributed by atoms with Crippen LogP contribution in [0.15, 0.2) is 72.8 Å². The van der Waals surface area contributed by atoms with E-state index >= 15 is 0 Å². The minimum Gasteiger partial charge on any atom is -0.354 e. The number of fused-ring (bicyclic) bond motifs is 1. The van der Waals surface area contributed by atoms with Crippen molar-refractivity contribution in [2.75, 3.05) is 33.2 Å². The number of para-hydroxylation sites is 1. The molecule has 4 aromatic rings. The number of nitrogens with zero attached hydrogens (tertiary/aromatic N) is 2. The number of aromatic nitrogens is 1. The van der Waals surface area contributed by atoms with Gasteiger partial charge in [0.15, 0.2) is 0 Å². The van der Waals surface area contributed by atoms with Gasteiger partial charge >= 0.3 is 0 Å². The molecule has 0 amide bonds. The highest BCUT2D eigenvalue weighted by Gasteiger charge is 2.30. The number of likely N-dealkylation sites (N-methyl/N-ethyl adjacent to an activating group) is 1. The number of hydrogen-bond donors (Lipinski definition) is 1. The zero-order valence-corrected chi connectivity index (χ0v) is 19.0. The molecule has 1 aliphatic heterocycles. The molecule has 0 bridgehead atoms. The fourth-order valence-corrected chi connectivity index (χ4v) is 4.83. The van der Waals surface area contributed by atoms with E-state index in [0.29, 0.717) is 0 Å². The number of halogens is 2. The molecule has 1 aliphatic rings. The van der Waals surface area contributed by atoms with Gasteiger partial charge in [-0.1, -0.05) is 65.7 Å². The summed E-state index contributed by atoms with van der Waals surface area (Å²) in [7, 11) is 2.19. The Hall–Kier alpha value is -2.30. The van der Waals surface area contributed by atoms with Gasteiger partial charge in [0.1, 0.15) is 0 Å². The predicted molar refractivity (Wildman–Crippen MR) is 131 cm³/mol. The van der Waals surface area contributed by atoms with Crippen LogP contribution in [0.5, 0.6) is 0 Å². The molecule has 1 fully saturated rings. The summed E-state index contributed by atoms with van der Waals surface area (Å²) >= 11 is 12.4. The van der Waals surface area contributed by atoms with Crippen molar-refractivity contribution in [2.24, 2.45) is 0 Å². The van der Waals surface area contributed by atoms with Gasteiger partial charge < -0.3 is 9.88 Å². The Kier molecular flexibility index (Phi) is 5.77. The second kappa shape index (κ2) is 8.68. The van der Waals surface area contributed by atoms with Gasteiger partial charge in [0.25, 0.3) is 0 Å². The van der Waals surface area contributed by atoms with Crippen molar-refractivity contribution in [3.8, 4) is 11.3 Å². The van der Waals surface area contributed by atoms with Crippen molar-refractivity contribution in [1.29, 1.82) is 0 Å². The lowest BCUT2D eigenvalue weighted by molar-refractivity contribution is 0.128. The molecule has 0 spiro atoms. The summed E-state index contributed by atoms with van der Waals surface area (Å²) in [5.41, 5.74) is 6.01. The average Bonchev–Trinajstić information content (AvgIpc) is 3.16. The standard InChI is InChI=1S/C26H25Cl2N3/c1-30-14-16-31(17-15-30)26(19-8-12-21(28)13-9-19)24-22-4-2-3-5-23(22)29-25(24)18-6-10-20(27)11-7-18/h2-13,26,29H,14-17H2,1H3. The molecule has 1 N–H and O–H groups in total. The molecule has 3 aromatic carbocycles. The SMILES string of the molecule is CN1CCN(C(c2ccc(Cl)cc2)c2c(-c3ccc(Cl)cc3)[nH]c3ccccc23)CC1. The van der Waals surface area contributed by atoms with Gasteiger partial charge in [0.2, 0.25) is 0 Å². The van der Waals surface area contributed by atoms with Crippen molar-refractivity contribution in [2.45, 2.75) is 6.04 Å². The van der Waals surface area contributed by atoms with E-state index in [9.17, 15) is 0 Å². The maximum Gasteiger partial charge on any atom is 0.0630 e. The lowest BCUT2D eigenvalue weighted by Gasteiger charge is -2.38. The first-order chi connectivity index (χ1) is 15.1. The minimum absolute atomic E-state index is 0.132. The van der Waals surface area contributed by atoms with Crippen LogP contribution in [0.3, 0.4) is 0 Å². The Balaban J connectivity index is 1.73. The Labute approximate surface area is 193 Å². The van der Waals surface area contributed by atoms with Crippen LogP contribution in [-0.2, 0) is 0 Å². The maximum absolute atomic E-state index is 6.24. The maximum atomic E-state index is 6.24. The van der Waals surface area contributed by atoms with Gasteiger partial charge in [-0.15, -0.1) is 0 Å². The van der Waals surface area contributed by atoms with E-state index in [-0.39, 0.29) is 6.04 Å². The zero-order valence-electron chi connectivity index (χ0n) is 17.5. The second-order valence-corrected chi connectivity index (χ2v) is 9.13. The normalized spacial score (nSPS) is 16.6. The van der Waals surface area contributed by atoms with Gasteiger partial charge in [-0.05, 0) is 48.5 Å². The van der Waals surface area contributed by atoms with Crippen molar-refractivity contribution >= 4 is 34.1 Å². The molecule has 0 aliphatic carbocycles. The number of H-pyrrole nitrogens is 1. The zero-order chi connectivity index (χ0) is 21.4. The van der Waals surface area contributed by atoms with E-state index in [2.05, 4.69) is 70.4 Å². The smallest absolute Gasteiger partial charge is 0.0630 e. The average molecular weight is 450 g/mol. The lowest BCUT2D eigenvalue weighted by atomic mass is 9.91. The molecular formula is C26H25Cl2N3. The van der Waals surface area contributed by atoms with Crippen LogP contribution >= 0.6 is 23.2 Å². The van der Waals surface area contributed by atoms with Crippen LogP contribution in [0.1, 0.15) is 17.2 Å². The lowest BCUT2D eigenvalue weighted by Crippen LogP contribution is -2.46. The molecule has 1 aromatic heterocycles. The fraction of sp³-hybridized carbons (Fsp3) is 0.231. The molecule has 1 atom stereocenters. The highest BCUT2D eigenvalue weighted by atomic mass is 35.5. The molecule has 0 radical (unpaired) electrons. The Morgan fingerprint density at radius 3 is 2.06 bits per heavy atom. The predicted octanol–water partition coefficient (Wildman–Crippen LogP) is 6.48. The Bertz CT molecular complexity index is 1170. The summed E-state index contributed by atoms with van der Waals surface area (Å²) in [6, 6.07) is 25.1. The molecule has 5 heteroatoms. The topological polar surface area (TPSA) is 22.3 Å². The van der Waals surface area contributed by atoms with Crippen molar-refractivity contribution in [3.63, 3.8) is 0 Å². The molecule has 1 unspecified atom stereocenters. The monoisotopic (exact) mass is 449 g/mol. The van der Waals surface area contributed by atoms with E-state index < -0.39 is 0 Å². The largest absolute Gasteiger partial charge is 0.354 e. The van der Waals surface area contributed by atoms with E-state index in [0.717, 1.165) is 53.0 Å². The molecule has 2 heterocycles. The van der Waals surface area contributed by atoms with Gasteiger partial charge in [-0.2, -0.15) is 0 Å². The third-order valence-electron chi connectivity index (χ3n) is 6.24. The van der Waals surface area contributed by atoms with Crippen LogP contribution < -0.4 is 0 Å². The van der Waals surface area contributed by atoms with Gasteiger partial charge in [-0.3, -0.25) is 4.90 Å². The molecular weight excluding hydrogens is 425 g/mol. The summed E-state index contributed by atoms with van der Waals surface area (Å²) in [6.07, 6.45) is 0. The first kappa shape index (κ1) is 20.6. The quantitative estimate of drug-likeness (QED) is 0.385. The number of hydrogen-bond acceptors (Lipinski definition) is 2. The van der Waals surface area contributed by atoms with Crippen LogP contribution in [0.25, 0.3) is 22.2 Å². The third-order valence-corrected chi connectivity index (χ3v) is 6.75. The summed E-state index contributed by atoms with van der Waals surface area (Å²) in [5, 5.41) is 2.76. The van der Waals surface area contributed by atoms with Crippen LogP contribution in [-0.4, -0.2) is 48.0 Å². The third kappa shape index (κ3) is 4.11. The molecule has 158 valence electrons. The van der Waals surface area contributed by atoms with Crippen LogP contribution in [0.4, 0.5) is 0 Å². The van der Waals surface area contributed by atoms with E-state index in [1.807, 2.05) is 24.3 Å². The summed E-state index contributed by atoms with van der Waals surface area (Å²) in [6.45, 7) is 4.15. The first-order valence-electron chi connectivity index (χ1n) is 10.6. The van der Waals surface area contributed by atoms with Crippen LogP contribution in [0.2, 0.25) is 10.0 Å².